The molecule has 0 radical (unpaired) electrons. The van der Waals surface area contributed by atoms with E-state index >= 15 is 0 Å². The van der Waals surface area contributed by atoms with E-state index in [9.17, 15) is 13.2 Å². The van der Waals surface area contributed by atoms with Gasteiger partial charge in [0.05, 0.1) is 27.4 Å². The zero-order valence-corrected chi connectivity index (χ0v) is 17.1. The molecule has 0 amide bonds. The molecule has 0 aliphatic carbocycles. The maximum Gasteiger partial charge on any atom is 0.573 e. The Labute approximate surface area is 173 Å². The summed E-state index contributed by atoms with van der Waals surface area (Å²) < 4.78 is 58.2. The van der Waals surface area contributed by atoms with Crippen LogP contribution in [0, 0.1) is 0 Å². The predicted octanol–water partition coefficient (Wildman–Crippen LogP) is 3.61. The van der Waals surface area contributed by atoms with Gasteiger partial charge in [-0.25, -0.2) is 0 Å². The summed E-state index contributed by atoms with van der Waals surface area (Å²) in [5.74, 6) is 1.27. The Kier molecular flexibility index (Phi) is 6.94. The number of nitrogens with one attached hydrogen (secondary N) is 1. The Morgan fingerprint density at radius 1 is 0.867 bits per heavy atom. The third-order valence-electron chi connectivity index (χ3n) is 4.98. The molecular weight excluding hydrogens is 401 g/mol. The van der Waals surface area contributed by atoms with E-state index in [0.717, 1.165) is 37.3 Å². The third-order valence-corrected chi connectivity index (χ3v) is 4.98. The molecule has 9 heteroatoms. The van der Waals surface area contributed by atoms with Crippen molar-refractivity contribution in [2.75, 3.05) is 47.5 Å². The highest BCUT2D eigenvalue weighted by molar-refractivity contribution is 5.58. The van der Waals surface area contributed by atoms with E-state index in [2.05, 4.69) is 15.0 Å². The Hall–Kier alpha value is -2.65. The molecule has 0 bridgehead atoms. The summed E-state index contributed by atoms with van der Waals surface area (Å²) in [5.41, 5.74) is 1.65. The summed E-state index contributed by atoms with van der Waals surface area (Å²) in [6.07, 6.45) is -4.73. The van der Waals surface area contributed by atoms with Gasteiger partial charge in [0.25, 0.3) is 0 Å². The molecule has 3 rings (SSSR count). The Balaban J connectivity index is 2.06. The molecule has 1 fully saturated rings. The molecule has 164 valence electrons. The lowest BCUT2D eigenvalue weighted by atomic mass is 9.94. The Bertz CT molecular complexity index is 837. The van der Waals surface area contributed by atoms with Gasteiger partial charge < -0.3 is 24.3 Å². The number of alkyl halides is 3. The number of benzene rings is 2. The van der Waals surface area contributed by atoms with Crippen LogP contribution in [0.5, 0.6) is 23.0 Å². The molecule has 6 nitrogen and oxygen atoms in total. The molecule has 1 atom stereocenters. The van der Waals surface area contributed by atoms with E-state index in [1.165, 1.54) is 19.2 Å². The second-order valence-electron chi connectivity index (χ2n) is 6.73. The van der Waals surface area contributed by atoms with Gasteiger partial charge in [0.15, 0.2) is 11.5 Å². The molecule has 1 saturated heterocycles. The molecule has 30 heavy (non-hydrogen) atoms. The molecule has 1 aliphatic heterocycles. The fraction of sp³-hybridized carbons (Fsp3) is 0.429. The van der Waals surface area contributed by atoms with Crippen LogP contribution in [0.1, 0.15) is 17.2 Å². The van der Waals surface area contributed by atoms with Crippen LogP contribution in [0.3, 0.4) is 0 Å². The summed E-state index contributed by atoms with van der Waals surface area (Å²) in [7, 11) is 4.63. The lowest BCUT2D eigenvalue weighted by molar-refractivity contribution is -0.274. The van der Waals surface area contributed by atoms with Crippen molar-refractivity contribution in [1.29, 1.82) is 0 Å². The smallest absolute Gasteiger partial charge is 0.493 e. The number of ether oxygens (including phenoxy) is 4. The standard InChI is InChI=1S/C21H25F3N2O4/c1-27-17-9-8-16(19(28-2)20(17)29-3)18(26-12-10-25-11-13-26)14-4-6-15(7-5-14)30-21(22,23)24/h4-9,18,25H,10-13H2,1-3H3/t18-/m1/s1. The SMILES string of the molecule is COc1ccc([C@@H](c2ccc(OC(F)(F)F)cc2)N2CCNCC2)c(OC)c1OC. The van der Waals surface area contributed by atoms with Crippen LogP contribution >= 0.6 is 0 Å². The van der Waals surface area contributed by atoms with E-state index in [1.807, 2.05) is 6.07 Å². The fourth-order valence-electron chi connectivity index (χ4n) is 3.72. The summed E-state index contributed by atoms with van der Waals surface area (Å²) in [6, 6.07) is 9.38. The second-order valence-corrected chi connectivity index (χ2v) is 6.73. The number of nitrogens with zero attached hydrogens (tertiary/aromatic N) is 1. The molecule has 0 aromatic heterocycles. The van der Waals surface area contributed by atoms with Gasteiger partial charge in [0.2, 0.25) is 5.75 Å². The van der Waals surface area contributed by atoms with Crippen molar-refractivity contribution in [2.24, 2.45) is 0 Å². The van der Waals surface area contributed by atoms with Crippen LogP contribution in [0.4, 0.5) is 13.2 Å². The van der Waals surface area contributed by atoms with Crippen LogP contribution in [-0.2, 0) is 0 Å². The first-order valence-corrected chi connectivity index (χ1v) is 9.47. The highest BCUT2D eigenvalue weighted by Gasteiger charge is 2.32. The largest absolute Gasteiger partial charge is 0.573 e. The van der Waals surface area contributed by atoms with E-state index in [1.54, 1.807) is 32.4 Å². The van der Waals surface area contributed by atoms with Gasteiger partial charge in [-0.15, -0.1) is 13.2 Å². The summed E-state index contributed by atoms with van der Waals surface area (Å²) >= 11 is 0. The maximum atomic E-state index is 12.5. The molecule has 0 saturated carbocycles. The lowest BCUT2D eigenvalue weighted by Crippen LogP contribution is -2.45. The van der Waals surface area contributed by atoms with Crippen LogP contribution < -0.4 is 24.3 Å². The van der Waals surface area contributed by atoms with Crippen LogP contribution in [0.25, 0.3) is 0 Å². The first-order valence-electron chi connectivity index (χ1n) is 9.47. The van der Waals surface area contributed by atoms with Gasteiger partial charge >= 0.3 is 6.36 Å². The zero-order chi connectivity index (χ0) is 21.7. The van der Waals surface area contributed by atoms with Crippen LogP contribution in [0.15, 0.2) is 36.4 Å². The summed E-state index contributed by atoms with van der Waals surface area (Å²) in [6.45, 7) is 3.15. The number of piperazine rings is 1. The molecular formula is C21H25F3N2O4. The molecule has 0 spiro atoms. The maximum absolute atomic E-state index is 12.5. The van der Waals surface area contributed by atoms with Gasteiger partial charge in [0, 0.05) is 31.7 Å². The topological polar surface area (TPSA) is 52.2 Å². The van der Waals surface area contributed by atoms with E-state index in [-0.39, 0.29) is 11.8 Å². The van der Waals surface area contributed by atoms with E-state index in [0.29, 0.717) is 17.2 Å². The number of halogens is 3. The normalized spacial score (nSPS) is 16.1. The minimum Gasteiger partial charge on any atom is -0.493 e. The highest BCUT2D eigenvalue weighted by Crippen LogP contribution is 2.45. The quantitative estimate of drug-likeness (QED) is 0.730. The third kappa shape index (κ3) is 4.91. The first kappa shape index (κ1) is 22.0. The highest BCUT2D eigenvalue weighted by atomic mass is 19.4. The molecule has 1 aliphatic rings. The average Bonchev–Trinajstić information content (AvgIpc) is 2.74. The van der Waals surface area contributed by atoms with Crippen molar-refractivity contribution >= 4 is 0 Å². The Morgan fingerprint density at radius 2 is 1.50 bits per heavy atom. The fourth-order valence-corrected chi connectivity index (χ4v) is 3.72. The van der Waals surface area contributed by atoms with Crippen molar-refractivity contribution in [3.63, 3.8) is 0 Å². The number of hydrogen-bond acceptors (Lipinski definition) is 6. The minimum atomic E-state index is -4.73. The van der Waals surface area contributed by atoms with Gasteiger partial charge in [-0.05, 0) is 29.8 Å². The zero-order valence-electron chi connectivity index (χ0n) is 17.1. The number of methoxy groups -OCH3 is 3. The van der Waals surface area contributed by atoms with E-state index < -0.39 is 6.36 Å². The van der Waals surface area contributed by atoms with E-state index in [4.69, 9.17) is 14.2 Å². The van der Waals surface area contributed by atoms with Gasteiger partial charge in [-0.3, -0.25) is 4.90 Å². The molecule has 0 unspecified atom stereocenters. The van der Waals surface area contributed by atoms with Crippen molar-refractivity contribution < 1.29 is 32.1 Å². The summed E-state index contributed by atoms with van der Waals surface area (Å²) in [5, 5.41) is 3.31. The van der Waals surface area contributed by atoms with Gasteiger partial charge in [0.1, 0.15) is 5.75 Å². The molecule has 1 heterocycles. The van der Waals surface area contributed by atoms with Crippen LogP contribution in [-0.4, -0.2) is 58.8 Å². The number of hydrogen-bond donors (Lipinski definition) is 1. The summed E-state index contributed by atoms with van der Waals surface area (Å²) in [4.78, 5) is 2.25. The lowest BCUT2D eigenvalue weighted by Gasteiger charge is -2.36. The molecule has 1 N–H and O–H groups in total. The van der Waals surface area contributed by atoms with Crippen molar-refractivity contribution in [2.45, 2.75) is 12.4 Å². The predicted molar refractivity (Wildman–Crippen MR) is 106 cm³/mol. The monoisotopic (exact) mass is 426 g/mol. The number of rotatable bonds is 7. The Morgan fingerprint density at radius 3 is 2.03 bits per heavy atom. The van der Waals surface area contributed by atoms with Gasteiger partial charge in [-0.2, -0.15) is 0 Å². The van der Waals surface area contributed by atoms with Crippen molar-refractivity contribution in [1.82, 2.24) is 10.2 Å². The van der Waals surface area contributed by atoms with Crippen LogP contribution in [0.2, 0.25) is 0 Å². The average molecular weight is 426 g/mol. The van der Waals surface area contributed by atoms with Crippen molar-refractivity contribution in [3.05, 3.63) is 47.5 Å². The first-order chi connectivity index (χ1) is 14.4. The second kappa shape index (κ2) is 9.44. The van der Waals surface area contributed by atoms with Gasteiger partial charge in [-0.1, -0.05) is 12.1 Å². The minimum absolute atomic E-state index is 0.248. The molecule has 2 aromatic carbocycles. The molecule has 2 aromatic rings. The van der Waals surface area contributed by atoms with Crippen molar-refractivity contribution in [3.8, 4) is 23.0 Å².